The molecule has 1 aliphatic heterocycles. The largest absolute Gasteiger partial charge is 0.486 e. The van der Waals surface area contributed by atoms with Crippen LogP contribution in [0.15, 0.2) is 51.7 Å². The number of hydrogen-bond donors (Lipinski definition) is 1. The Morgan fingerprint density at radius 1 is 1.10 bits per heavy atom. The summed E-state index contributed by atoms with van der Waals surface area (Å²) in [6, 6.07) is 12.8. The Labute approximate surface area is 172 Å². The van der Waals surface area contributed by atoms with Crippen LogP contribution in [0.3, 0.4) is 0 Å². The number of carbonyl (C=O) groups is 1. The van der Waals surface area contributed by atoms with Crippen LogP contribution in [0.5, 0.6) is 17.2 Å². The summed E-state index contributed by atoms with van der Waals surface area (Å²) in [5.41, 5.74) is 2.07. The lowest BCUT2D eigenvalue weighted by Crippen LogP contribution is -2.42. The Bertz CT molecular complexity index is 1170. The second kappa shape index (κ2) is 7.74. The van der Waals surface area contributed by atoms with Gasteiger partial charge in [-0.25, -0.2) is 4.79 Å². The van der Waals surface area contributed by atoms with Gasteiger partial charge in [0.1, 0.15) is 24.0 Å². The Morgan fingerprint density at radius 3 is 2.83 bits per heavy atom. The number of amides is 1. The molecular weight excluding hydrogens is 386 g/mol. The number of aryl methyl sites for hydroxylation is 1. The lowest BCUT2D eigenvalue weighted by Gasteiger charge is -2.26. The normalized spacial score (nSPS) is 16.9. The average Bonchev–Trinajstić information content (AvgIpc) is 3.27. The predicted octanol–water partition coefficient (Wildman–Crippen LogP) is 2.62. The molecule has 30 heavy (non-hydrogen) atoms. The molecule has 3 aromatic rings. The molecule has 1 atom stereocenters. The predicted molar refractivity (Wildman–Crippen MR) is 109 cm³/mol. The van der Waals surface area contributed by atoms with Crippen molar-refractivity contribution in [3.63, 3.8) is 0 Å². The lowest BCUT2D eigenvalue weighted by molar-refractivity contribution is -0.123. The summed E-state index contributed by atoms with van der Waals surface area (Å²) in [6.45, 7) is 0.534. The fraction of sp³-hybridized carbons (Fsp3) is 0.304. The molecule has 2 heterocycles. The van der Waals surface area contributed by atoms with E-state index in [4.69, 9.17) is 18.6 Å². The number of fused-ring (bicyclic) bond motifs is 4. The first kappa shape index (κ1) is 18.5. The molecule has 0 radical (unpaired) electrons. The van der Waals surface area contributed by atoms with Crippen molar-refractivity contribution in [2.75, 3.05) is 19.8 Å². The monoisotopic (exact) mass is 407 g/mol. The van der Waals surface area contributed by atoms with Crippen LogP contribution in [-0.4, -0.2) is 31.8 Å². The second-order valence-electron chi connectivity index (χ2n) is 7.45. The van der Waals surface area contributed by atoms with Gasteiger partial charge in [0.2, 0.25) is 0 Å². The third-order valence-corrected chi connectivity index (χ3v) is 5.41. The fourth-order valence-corrected chi connectivity index (χ4v) is 3.95. The second-order valence-corrected chi connectivity index (χ2v) is 7.45. The Hall–Kier alpha value is -3.48. The number of para-hydroxylation sites is 2. The standard InChI is InChI=1S/C23H21NO6/c25-22(24-11-15-12-28-19-6-1-2-7-20(19)29-15)13-27-14-8-9-17-16-4-3-5-18(16)23(26)30-21(17)10-14/h1-2,6-10,15H,3-5,11-13H2,(H,24,25)/t15-/m0/s1. The molecule has 7 heteroatoms. The summed E-state index contributed by atoms with van der Waals surface area (Å²) in [4.78, 5) is 24.3. The highest BCUT2D eigenvalue weighted by molar-refractivity contribution is 5.83. The molecule has 0 saturated carbocycles. The van der Waals surface area contributed by atoms with Gasteiger partial charge >= 0.3 is 5.63 Å². The van der Waals surface area contributed by atoms with Crippen LogP contribution in [0, 0.1) is 0 Å². The maximum atomic E-state index is 12.2. The molecule has 5 rings (SSSR count). The Kier molecular flexibility index (Phi) is 4.78. The van der Waals surface area contributed by atoms with Crippen LogP contribution in [-0.2, 0) is 17.6 Å². The highest BCUT2D eigenvalue weighted by Gasteiger charge is 2.22. The zero-order chi connectivity index (χ0) is 20.5. The van der Waals surface area contributed by atoms with E-state index in [-0.39, 0.29) is 24.2 Å². The van der Waals surface area contributed by atoms with Gasteiger partial charge in [0, 0.05) is 17.0 Å². The van der Waals surface area contributed by atoms with Crippen LogP contribution in [0.4, 0.5) is 0 Å². The van der Waals surface area contributed by atoms with Gasteiger partial charge in [-0.3, -0.25) is 4.79 Å². The number of rotatable bonds is 5. The van der Waals surface area contributed by atoms with Gasteiger partial charge in [0.05, 0.1) is 6.54 Å². The minimum Gasteiger partial charge on any atom is -0.486 e. The molecule has 1 N–H and O–H groups in total. The molecule has 0 unspecified atom stereocenters. The van der Waals surface area contributed by atoms with E-state index in [1.807, 2.05) is 30.3 Å². The van der Waals surface area contributed by atoms with Gasteiger partial charge in [0.25, 0.3) is 5.91 Å². The smallest absolute Gasteiger partial charge is 0.339 e. The van der Waals surface area contributed by atoms with E-state index in [2.05, 4.69) is 5.32 Å². The highest BCUT2D eigenvalue weighted by atomic mass is 16.6. The summed E-state index contributed by atoms with van der Waals surface area (Å²) in [7, 11) is 0. The Balaban J connectivity index is 1.17. The van der Waals surface area contributed by atoms with Gasteiger partial charge < -0.3 is 23.9 Å². The van der Waals surface area contributed by atoms with Crippen molar-refractivity contribution in [2.24, 2.45) is 0 Å². The van der Waals surface area contributed by atoms with E-state index in [1.54, 1.807) is 12.1 Å². The molecule has 0 fully saturated rings. The maximum absolute atomic E-state index is 12.2. The summed E-state index contributed by atoms with van der Waals surface area (Å²) >= 11 is 0. The first-order chi connectivity index (χ1) is 14.7. The van der Waals surface area contributed by atoms with Gasteiger partial charge in [-0.1, -0.05) is 12.1 Å². The van der Waals surface area contributed by atoms with E-state index in [0.717, 1.165) is 35.8 Å². The fourth-order valence-electron chi connectivity index (χ4n) is 3.95. The topological polar surface area (TPSA) is 87.0 Å². The van der Waals surface area contributed by atoms with Crippen molar-refractivity contribution in [3.8, 4) is 17.2 Å². The van der Waals surface area contributed by atoms with Crippen LogP contribution in [0.2, 0.25) is 0 Å². The zero-order valence-electron chi connectivity index (χ0n) is 16.3. The van der Waals surface area contributed by atoms with Crippen molar-refractivity contribution < 1.29 is 23.4 Å². The molecule has 1 aliphatic carbocycles. The van der Waals surface area contributed by atoms with Crippen LogP contribution in [0.25, 0.3) is 11.0 Å². The molecule has 1 amide bonds. The third kappa shape index (κ3) is 3.58. The zero-order valence-corrected chi connectivity index (χ0v) is 16.3. The van der Waals surface area contributed by atoms with Crippen molar-refractivity contribution in [3.05, 3.63) is 64.0 Å². The summed E-state index contributed by atoms with van der Waals surface area (Å²) in [6.07, 6.45) is 2.37. The SMILES string of the molecule is O=C(COc1ccc2c3c(c(=O)oc2c1)CCC3)NC[C@H]1COc2ccccc2O1. The highest BCUT2D eigenvalue weighted by Crippen LogP contribution is 2.31. The summed E-state index contributed by atoms with van der Waals surface area (Å²) in [5.74, 6) is 1.58. The first-order valence-electron chi connectivity index (χ1n) is 10.0. The lowest BCUT2D eigenvalue weighted by atomic mass is 10.1. The molecular formula is C23H21NO6. The van der Waals surface area contributed by atoms with Crippen LogP contribution >= 0.6 is 0 Å². The van der Waals surface area contributed by atoms with E-state index in [0.29, 0.717) is 36.0 Å². The summed E-state index contributed by atoms with van der Waals surface area (Å²) < 4.78 is 22.5. The van der Waals surface area contributed by atoms with Gasteiger partial charge in [-0.05, 0) is 49.1 Å². The van der Waals surface area contributed by atoms with E-state index in [1.165, 1.54) is 0 Å². The Morgan fingerprint density at radius 2 is 1.93 bits per heavy atom. The molecule has 0 spiro atoms. The number of hydrogen-bond acceptors (Lipinski definition) is 6. The van der Waals surface area contributed by atoms with Gasteiger partial charge in [0.15, 0.2) is 18.1 Å². The van der Waals surface area contributed by atoms with Crippen molar-refractivity contribution in [2.45, 2.75) is 25.4 Å². The van der Waals surface area contributed by atoms with E-state index < -0.39 is 0 Å². The first-order valence-corrected chi connectivity index (χ1v) is 10.0. The van der Waals surface area contributed by atoms with Crippen molar-refractivity contribution in [1.82, 2.24) is 5.32 Å². The summed E-state index contributed by atoms with van der Waals surface area (Å²) in [5, 5.41) is 3.73. The minimum absolute atomic E-state index is 0.148. The molecule has 7 nitrogen and oxygen atoms in total. The van der Waals surface area contributed by atoms with Crippen LogP contribution < -0.4 is 25.2 Å². The van der Waals surface area contributed by atoms with Crippen molar-refractivity contribution in [1.29, 1.82) is 0 Å². The molecule has 154 valence electrons. The molecule has 0 bridgehead atoms. The quantitative estimate of drug-likeness (QED) is 0.655. The molecule has 2 aliphatic rings. The number of benzene rings is 2. The molecule has 2 aromatic carbocycles. The van der Waals surface area contributed by atoms with E-state index >= 15 is 0 Å². The van der Waals surface area contributed by atoms with Crippen molar-refractivity contribution >= 4 is 16.9 Å². The molecule has 1 aromatic heterocycles. The number of nitrogens with one attached hydrogen (secondary N) is 1. The number of carbonyl (C=O) groups excluding carboxylic acids is 1. The average molecular weight is 407 g/mol. The minimum atomic E-state index is -0.277. The van der Waals surface area contributed by atoms with Gasteiger partial charge in [-0.2, -0.15) is 0 Å². The van der Waals surface area contributed by atoms with Crippen LogP contribution in [0.1, 0.15) is 17.5 Å². The third-order valence-electron chi connectivity index (χ3n) is 5.41. The van der Waals surface area contributed by atoms with E-state index in [9.17, 15) is 9.59 Å². The van der Waals surface area contributed by atoms with Gasteiger partial charge in [-0.15, -0.1) is 0 Å². The maximum Gasteiger partial charge on any atom is 0.339 e. The molecule has 0 saturated heterocycles. The number of ether oxygens (including phenoxy) is 3.